The summed E-state index contributed by atoms with van der Waals surface area (Å²) in [5.74, 6) is 0. The highest BCUT2D eigenvalue weighted by molar-refractivity contribution is 8.18. The number of thioether (sulfide) groups is 1. The molecule has 4 heteroatoms. The Labute approximate surface area is 69.7 Å². The molecule has 0 spiro atoms. The first-order valence-electron chi connectivity index (χ1n) is 2.12. The summed E-state index contributed by atoms with van der Waals surface area (Å²) in [7, 11) is 0. The smallest absolute Gasteiger partial charge is 0.0789 e. The molecular formula is C4H6S4. The van der Waals surface area contributed by atoms with E-state index in [0.717, 1.165) is 4.91 Å². The third-order valence-corrected chi connectivity index (χ3v) is 3.70. The minimum Gasteiger partial charge on any atom is -0.161 e. The molecule has 0 N–H and O–H groups in total. The lowest BCUT2D eigenvalue weighted by molar-refractivity contribution is 1.64. The van der Waals surface area contributed by atoms with Crippen LogP contribution in [-0.4, -0.2) is 9.16 Å². The van der Waals surface area contributed by atoms with E-state index in [4.69, 9.17) is 0 Å². The van der Waals surface area contributed by atoms with Gasteiger partial charge in [-0.3, -0.25) is 0 Å². The van der Waals surface area contributed by atoms with E-state index in [0.29, 0.717) is 4.58 Å². The van der Waals surface area contributed by atoms with Gasteiger partial charge in [0.25, 0.3) is 0 Å². The van der Waals surface area contributed by atoms with Crippen molar-refractivity contribution < 1.29 is 0 Å². The fourth-order valence-corrected chi connectivity index (χ4v) is 3.02. The van der Waals surface area contributed by atoms with Gasteiger partial charge < -0.3 is 0 Å². The van der Waals surface area contributed by atoms with Gasteiger partial charge in [-0.2, -0.15) is 25.3 Å². The van der Waals surface area contributed by atoms with Gasteiger partial charge in [0.2, 0.25) is 0 Å². The van der Waals surface area contributed by atoms with E-state index >= 15 is 0 Å². The molecule has 1 heterocycles. The number of hydrogen-bond acceptors (Lipinski definition) is 4. The first kappa shape index (κ1) is 7.25. The molecule has 1 rings (SSSR count). The van der Waals surface area contributed by atoms with Crippen molar-refractivity contribution in [1.82, 2.24) is 0 Å². The van der Waals surface area contributed by atoms with E-state index in [1.807, 2.05) is 6.08 Å². The Kier molecular flexibility index (Phi) is 2.55. The first-order valence-corrected chi connectivity index (χ1v) is 4.54. The predicted molar refractivity (Wildman–Crippen MR) is 50.2 cm³/mol. The van der Waals surface area contributed by atoms with E-state index in [2.05, 4.69) is 37.9 Å². The van der Waals surface area contributed by atoms with Gasteiger partial charge >= 0.3 is 0 Å². The number of thiol groups is 3. The van der Waals surface area contributed by atoms with Crippen LogP contribution in [0.5, 0.6) is 0 Å². The highest BCUT2D eigenvalue weighted by atomic mass is 32.2. The van der Waals surface area contributed by atoms with Crippen molar-refractivity contribution in [3.05, 3.63) is 11.0 Å². The van der Waals surface area contributed by atoms with Gasteiger partial charge in [-0.15, -0.1) is 24.4 Å². The first-order chi connectivity index (χ1) is 3.70. The summed E-state index contributed by atoms with van der Waals surface area (Å²) in [4.78, 5) is 1.03. The maximum atomic E-state index is 4.22. The monoisotopic (exact) mass is 182 g/mol. The Balaban J connectivity index is 2.59. The zero-order chi connectivity index (χ0) is 6.15. The van der Waals surface area contributed by atoms with E-state index in [1.165, 1.54) is 0 Å². The third kappa shape index (κ3) is 1.56. The van der Waals surface area contributed by atoms with Crippen LogP contribution in [0, 0.1) is 0 Å². The Hall–Kier alpha value is 1.14. The molecule has 0 bridgehead atoms. The van der Waals surface area contributed by atoms with Crippen molar-refractivity contribution >= 4 is 49.6 Å². The Morgan fingerprint density at radius 2 is 2.12 bits per heavy atom. The number of hydrogen-bond donors (Lipinski definition) is 3. The average molecular weight is 182 g/mol. The minimum absolute atomic E-state index is 0.251. The largest absolute Gasteiger partial charge is 0.161 e. The molecule has 0 nitrogen and oxygen atoms in total. The summed E-state index contributed by atoms with van der Waals surface area (Å²) in [6, 6.07) is 0. The highest BCUT2D eigenvalue weighted by Gasteiger charge is 2.18. The Bertz CT molecular complexity index is 119. The van der Waals surface area contributed by atoms with Crippen molar-refractivity contribution in [2.45, 2.75) is 9.16 Å². The van der Waals surface area contributed by atoms with Crippen LogP contribution >= 0.6 is 49.6 Å². The minimum atomic E-state index is 0.251. The molecule has 0 saturated carbocycles. The molecule has 0 aliphatic carbocycles. The summed E-state index contributed by atoms with van der Waals surface area (Å²) in [5, 5.41) is 0. The molecule has 1 aliphatic rings. The maximum Gasteiger partial charge on any atom is 0.0789 e. The molecule has 0 fully saturated rings. The summed E-state index contributed by atoms with van der Waals surface area (Å²) >= 11 is 14.3. The van der Waals surface area contributed by atoms with Crippen molar-refractivity contribution in [3.63, 3.8) is 0 Å². The Morgan fingerprint density at radius 1 is 1.50 bits per heavy atom. The molecule has 0 aromatic carbocycles. The molecule has 0 saturated heterocycles. The summed E-state index contributed by atoms with van der Waals surface area (Å²) in [6.07, 6.45) is 1.99. The standard InChI is InChI=1S/C4H6S4/c5-2-1-3(6)8-4(2)7/h1,3-7H. The zero-order valence-electron chi connectivity index (χ0n) is 3.98. The molecule has 2 atom stereocenters. The van der Waals surface area contributed by atoms with Crippen LogP contribution in [0.3, 0.4) is 0 Å². The number of rotatable bonds is 0. The second-order valence-corrected chi connectivity index (χ2v) is 5.01. The predicted octanol–water partition coefficient (Wildman–Crippen LogP) is 2.06. The summed E-state index contributed by atoms with van der Waals surface area (Å²) in [5.41, 5.74) is 0. The molecule has 0 aromatic rings. The van der Waals surface area contributed by atoms with Gasteiger partial charge in [-0.05, 0) is 0 Å². The second kappa shape index (κ2) is 2.82. The van der Waals surface area contributed by atoms with Crippen molar-refractivity contribution in [2.24, 2.45) is 0 Å². The van der Waals surface area contributed by atoms with Gasteiger partial charge in [-0.25, -0.2) is 0 Å². The van der Waals surface area contributed by atoms with Gasteiger partial charge in [-0.1, -0.05) is 6.08 Å². The molecule has 0 aromatic heterocycles. The van der Waals surface area contributed by atoms with Crippen molar-refractivity contribution in [2.75, 3.05) is 0 Å². The van der Waals surface area contributed by atoms with Crippen LogP contribution in [0.25, 0.3) is 0 Å². The molecule has 46 valence electrons. The molecule has 0 radical (unpaired) electrons. The van der Waals surface area contributed by atoms with Gasteiger partial charge in [0.15, 0.2) is 0 Å². The van der Waals surface area contributed by atoms with E-state index in [9.17, 15) is 0 Å². The van der Waals surface area contributed by atoms with Crippen LogP contribution in [0.15, 0.2) is 11.0 Å². The average Bonchev–Trinajstić information content (AvgIpc) is 1.85. The third-order valence-electron chi connectivity index (χ3n) is 0.835. The van der Waals surface area contributed by atoms with E-state index in [1.54, 1.807) is 11.8 Å². The SMILES string of the molecule is SC1=CC(S)SC1S. The summed E-state index contributed by atoms with van der Waals surface area (Å²) in [6.45, 7) is 0. The van der Waals surface area contributed by atoms with Crippen molar-refractivity contribution in [3.8, 4) is 0 Å². The fourth-order valence-electron chi connectivity index (χ4n) is 0.469. The summed E-state index contributed by atoms with van der Waals surface area (Å²) < 4.78 is 0.547. The molecule has 1 aliphatic heterocycles. The van der Waals surface area contributed by atoms with E-state index in [-0.39, 0.29) is 4.58 Å². The van der Waals surface area contributed by atoms with Gasteiger partial charge in [0.1, 0.15) is 0 Å². The molecule has 0 amide bonds. The second-order valence-electron chi connectivity index (χ2n) is 1.47. The van der Waals surface area contributed by atoms with E-state index < -0.39 is 0 Å². The fraction of sp³-hybridized carbons (Fsp3) is 0.500. The highest BCUT2D eigenvalue weighted by Crippen LogP contribution is 2.38. The lowest BCUT2D eigenvalue weighted by Crippen LogP contribution is -1.84. The lowest BCUT2D eigenvalue weighted by atomic mass is 10.6. The normalized spacial score (nSPS) is 37.6. The van der Waals surface area contributed by atoms with Crippen LogP contribution in [0.4, 0.5) is 0 Å². The zero-order valence-corrected chi connectivity index (χ0v) is 7.48. The van der Waals surface area contributed by atoms with Gasteiger partial charge in [0, 0.05) is 4.91 Å². The molecule has 8 heavy (non-hydrogen) atoms. The maximum absolute atomic E-state index is 4.22. The van der Waals surface area contributed by atoms with Crippen LogP contribution in [0.2, 0.25) is 0 Å². The molecular weight excluding hydrogens is 176 g/mol. The topological polar surface area (TPSA) is 0 Å². The van der Waals surface area contributed by atoms with Crippen LogP contribution < -0.4 is 0 Å². The lowest BCUT2D eigenvalue weighted by Gasteiger charge is -1.99. The Morgan fingerprint density at radius 3 is 2.25 bits per heavy atom. The van der Waals surface area contributed by atoms with Crippen LogP contribution in [-0.2, 0) is 0 Å². The van der Waals surface area contributed by atoms with Crippen LogP contribution in [0.1, 0.15) is 0 Å². The molecule has 2 unspecified atom stereocenters. The quantitative estimate of drug-likeness (QED) is 0.482. The van der Waals surface area contributed by atoms with Crippen molar-refractivity contribution in [1.29, 1.82) is 0 Å². The van der Waals surface area contributed by atoms with Gasteiger partial charge in [0.05, 0.1) is 9.16 Å².